The van der Waals surface area contributed by atoms with E-state index in [4.69, 9.17) is 0 Å². The predicted octanol–water partition coefficient (Wildman–Crippen LogP) is 3.96. The van der Waals surface area contributed by atoms with Crippen molar-refractivity contribution in [3.63, 3.8) is 0 Å². The Labute approximate surface area is 90.9 Å². The van der Waals surface area contributed by atoms with Gasteiger partial charge in [-0.15, -0.1) is 0 Å². The van der Waals surface area contributed by atoms with E-state index < -0.39 is 0 Å². The Hall–Kier alpha value is -1.30. The second-order valence-electron chi connectivity index (χ2n) is 5.45. The first-order valence-electron chi connectivity index (χ1n) is 5.65. The molecule has 1 aliphatic carbocycles. The first kappa shape index (κ1) is 8.96. The molecule has 0 unspecified atom stereocenters. The molecule has 1 aliphatic rings. The van der Waals surface area contributed by atoms with Crippen molar-refractivity contribution in [2.75, 3.05) is 0 Å². The lowest BCUT2D eigenvalue weighted by Gasteiger charge is -2.31. The van der Waals surface area contributed by atoms with Crippen LogP contribution in [0.3, 0.4) is 0 Å². The van der Waals surface area contributed by atoms with Crippen LogP contribution >= 0.6 is 0 Å². The van der Waals surface area contributed by atoms with Crippen molar-refractivity contribution in [2.24, 2.45) is 5.41 Å². The molecule has 15 heavy (non-hydrogen) atoms. The predicted molar refractivity (Wildman–Crippen MR) is 65.1 cm³/mol. The van der Waals surface area contributed by atoms with E-state index in [0.29, 0.717) is 5.41 Å². The second kappa shape index (κ2) is 2.85. The molecule has 0 aromatic heterocycles. The quantitative estimate of drug-likeness (QED) is 0.598. The Morgan fingerprint density at radius 3 is 1.93 bits per heavy atom. The lowest BCUT2D eigenvalue weighted by Crippen LogP contribution is -2.22. The van der Waals surface area contributed by atoms with Gasteiger partial charge in [0, 0.05) is 0 Å². The van der Waals surface area contributed by atoms with Gasteiger partial charge in [0.05, 0.1) is 0 Å². The first-order chi connectivity index (χ1) is 7.16. The summed E-state index contributed by atoms with van der Waals surface area (Å²) in [5.74, 6) is 0. The van der Waals surface area contributed by atoms with Crippen LogP contribution in [0, 0.1) is 5.41 Å². The van der Waals surface area contributed by atoms with Crippen LogP contribution in [0.2, 0.25) is 0 Å². The van der Waals surface area contributed by atoms with E-state index in [-0.39, 0.29) is 0 Å². The van der Waals surface area contributed by atoms with Crippen LogP contribution in [0.5, 0.6) is 0 Å². The van der Waals surface area contributed by atoms with E-state index in [1.807, 2.05) is 0 Å². The summed E-state index contributed by atoms with van der Waals surface area (Å²) in [6.45, 7) is 4.73. The molecule has 2 aromatic carbocycles. The molecule has 0 saturated heterocycles. The third-order valence-corrected chi connectivity index (χ3v) is 3.42. The van der Waals surface area contributed by atoms with E-state index in [9.17, 15) is 0 Å². The van der Waals surface area contributed by atoms with Gasteiger partial charge in [-0.2, -0.15) is 0 Å². The standard InChI is InChI=1S/C15H16/c1-15(2)9-12-7-3-5-11-6-4-8-13(10-15)14(11)12/h3-8H,9-10H2,1-2H3. The third-order valence-electron chi connectivity index (χ3n) is 3.42. The highest BCUT2D eigenvalue weighted by atomic mass is 14.3. The summed E-state index contributed by atoms with van der Waals surface area (Å²) in [6.07, 6.45) is 2.42. The van der Waals surface area contributed by atoms with Gasteiger partial charge in [-0.3, -0.25) is 0 Å². The molecule has 3 rings (SSSR count). The third kappa shape index (κ3) is 1.36. The fraction of sp³-hybridized carbons (Fsp3) is 0.333. The molecule has 0 spiro atoms. The zero-order valence-electron chi connectivity index (χ0n) is 9.38. The van der Waals surface area contributed by atoms with E-state index in [1.54, 1.807) is 0 Å². The maximum Gasteiger partial charge on any atom is -0.0119 e. The van der Waals surface area contributed by atoms with Crippen LogP contribution in [0.25, 0.3) is 10.8 Å². The highest BCUT2D eigenvalue weighted by Gasteiger charge is 2.26. The normalized spacial score (nSPS) is 18.0. The molecule has 0 amide bonds. The number of hydrogen-bond donors (Lipinski definition) is 0. The Morgan fingerprint density at radius 1 is 0.867 bits per heavy atom. The largest absolute Gasteiger partial charge is 0.0614 e. The molecule has 2 aromatic rings. The van der Waals surface area contributed by atoms with Crippen LogP contribution < -0.4 is 0 Å². The van der Waals surface area contributed by atoms with Crippen molar-refractivity contribution in [1.29, 1.82) is 0 Å². The first-order valence-corrected chi connectivity index (χ1v) is 5.65. The molecule has 0 nitrogen and oxygen atoms in total. The smallest absolute Gasteiger partial charge is 0.0119 e. The van der Waals surface area contributed by atoms with Crippen LogP contribution in [-0.4, -0.2) is 0 Å². The van der Waals surface area contributed by atoms with E-state index >= 15 is 0 Å². The lowest BCUT2D eigenvalue weighted by molar-refractivity contribution is 0.356. The van der Waals surface area contributed by atoms with Gasteiger partial charge in [0.2, 0.25) is 0 Å². The highest BCUT2D eigenvalue weighted by Crippen LogP contribution is 2.38. The zero-order valence-corrected chi connectivity index (χ0v) is 9.38. The monoisotopic (exact) mass is 196 g/mol. The number of benzene rings is 2. The maximum atomic E-state index is 2.36. The number of rotatable bonds is 0. The van der Waals surface area contributed by atoms with Crippen molar-refractivity contribution in [3.05, 3.63) is 47.5 Å². The minimum Gasteiger partial charge on any atom is -0.0614 e. The molecule has 76 valence electrons. The van der Waals surface area contributed by atoms with Gasteiger partial charge in [-0.25, -0.2) is 0 Å². The molecule has 0 atom stereocenters. The molecule has 0 saturated carbocycles. The minimum absolute atomic E-state index is 0.419. The van der Waals surface area contributed by atoms with Crippen molar-refractivity contribution in [3.8, 4) is 0 Å². The zero-order chi connectivity index (χ0) is 10.5. The van der Waals surface area contributed by atoms with Gasteiger partial charge >= 0.3 is 0 Å². The summed E-state index contributed by atoms with van der Waals surface area (Å²) < 4.78 is 0. The fourth-order valence-corrected chi connectivity index (χ4v) is 2.89. The topological polar surface area (TPSA) is 0 Å². The van der Waals surface area contributed by atoms with Gasteiger partial charge in [-0.1, -0.05) is 50.2 Å². The Bertz CT molecular complexity index is 478. The van der Waals surface area contributed by atoms with Crippen molar-refractivity contribution < 1.29 is 0 Å². The Morgan fingerprint density at radius 2 is 1.40 bits per heavy atom. The Kier molecular flexibility index (Phi) is 1.70. The van der Waals surface area contributed by atoms with Gasteiger partial charge in [0.1, 0.15) is 0 Å². The molecule has 0 heteroatoms. The SMILES string of the molecule is CC1(C)Cc2cccc3cccc(c23)C1. The van der Waals surface area contributed by atoms with Crippen molar-refractivity contribution >= 4 is 10.8 Å². The van der Waals surface area contributed by atoms with Gasteiger partial charge in [0.15, 0.2) is 0 Å². The second-order valence-corrected chi connectivity index (χ2v) is 5.45. The van der Waals surface area contributed by atoms with Crippen LogP contribution in [0.4, 0.5) is 0 Å². The number of hydrogen-bond acceptors (Lipinski definition) is 0. The van der Waals surface area contributed by atoms with Crippen LogP contribution in [0.15, 0.2) is 36.4 Å². The van der Waals surface area contributed by atoms with Crippen molar-refractivity contribution in [1.82, 2.24) is 0 Å². The Balaban J connectivity index is 2.36. The summed E-state index contributed by atoms with van der Waals surface area (Å²) in [7, 11) is 0. The molecule has 0 heterocycles. The van der Waals surface area contributed by atoms with Gasteiger partial charge < -0.3 is 0 Å². The summed E-state index contributed by atoms with van der Waals surface area (Å²) in [5.41, 5.74) is 3.47. The molecular weight excluding hydrogens is 180 g/mol. The van der Waals surface area contributed by atoms with Crippen molar-refractivity contribution in [2.45, 2.75) is 26.7 Å². The lowest BCUT2D eigenvalue weighted by atomic mass is 9.73. The molecule has 0 N–H and O–H groups in total. The van der Waals surface area contributed by atoms with E-state index in [1.165, 1.54) is 34.7 Å². The van der Waals surface area contributed by atoms with Gasteiger partial charge in [-0.05, 0) is 40.2 Å². The summed E-state index contributed by atoms with van der Waals surface area (Å²) in [4.78, 5) is 0. The van der Waals surface area contributed by atoms with E-state index in [0.717, 1.165) is 0 Å². The molecule has 0 bridgehead atoms. The average molecular weight is 196 g/mol. The van der Waals surface area contributed by atoms with Crippen LogP contribution in [-0.2, 0) is 12.8 Å². The summed E-state index contributed by atoms with van der Waals surface area (Å²) in [5, 5.41) is 2.92. The van der Waals surface area contributed by atoms with Crippen LogP contribution in [0.1, 0.15) is 25.0 Å². The minimum atomic E-state index is 0.419. The molecule has 0 fully saturated rings. The summed E-state index contributed by atoms with van der Waals surface area (Å²) >= 11 is 0. The van der Waals surface area contributed by atoms with Gasteiger partial charge in [0.25, 0.3) is 0 Å². The average Bonchev–Trinajstić information content (AvgIpc) is 2.16. The summed E-state index contributed by atoms with van der Waals surface area (Å²) in [6, 6.07) is 13.4. The fourth-order valence-electron chi connectivity index (χ4n) is 2.89. The molecule has 0 aliphatic heterocycles. The highest BCUT2D eigenvalue weighted by molar-refractivity contribution is 5.89. The maximum absolute atomic E-state index is 2.36. The molecular formula is C15H16. The van der Waals surface area contributed by atoms with E-state index in [2.05, 4.69) is 50.2 Å². The molecule has 0 radical (unpaired) electrons.